The predicted molar refractivity (Wildman–Crippen MR) is 64.3 cm³/mol. The lowest BCUT2D eigenvalue weighted by Gasteiger charge is -1.83. The van der Waals surface area contributed by atoms with Gasteiger partial charge >= 0.3 is 0 Å². The van der Waals surface area contributed by atoms with E-state index in [-0.39, 0.29) is 0 Å². The normalized spacial score (nSPS) is 9.90. The van der Waals surface area contributed by atoms with E-state index >= 15 is 0 Å². The van der Waals surface area contributed by atoms with Gasteiger partial charge in [0.2, 0.25) is 0 Å². The van der Waals surface area contributed by atoms with Crippen LogP contribution < -0.4 is 0 Å². The van der Waals surface area contributed by atoms with E-state index in [2.05, 4.69) is 72.8 Å². The van der Waals surface area contributed by atoms with Gasteiger partial charge in [-0.1, -0.05) is 0 Å². The maximum absolute atomic E-state index is 10.4. The molecular formula is C5H2I3NO. The summed E-state index contributed by atoms with van der Waals surface area (Å²) >= 11 is 6.43. The standard InChI is InChI=1S/C5H2I3NO/c6-3-2(1-10)4(7)9-5(3)8/h1,9H. The fraction of sp³-hybridized carbons (Fsp3) is 0. The number of aromatic nitrogens is 1. The van der Waals surface area contributed by atoms with Gasteiger partial charge in [0.1, 0.15) is 0 Å². The number of hydrogen-bond acceptors (Lipinski definition) is 1. The molecule has 0 saturated heterocycles. The summed E-state index contributed by atoms with van der Waals surface area (Å²) in [7, 11) is 0. The zero-order valence-corrected chi connectivity index (χ0v) is 11.1. The first-order chi connectivity index (χ1) is 4.66. The molecule has 0 atom stereocenters. The second kappa shape index (κ2) is 3.70. The molecule has 10 heavy (non-hydrogen) atoms. The summed E-state index contributed by atoms with van der Waals surface area (Å²) in [6, 6.07) is 0. The molecule has 0 bridgehead atoms. The number of halogens is 3. The monoisotopic (exact) mass is 473 g/mol. The van der Waals surface area contributed by atoms with Crippen LogP contribution >= 0.6 is 67.8 Å². The van der Waals surface area contributed by atoms with Crippen LogP contribution in [0, 0.1) is 11.0 Å². The van der Waals surface area contributed by atoms with Gasteiger partial charge in [-0.15, -0.1) is 0 Å². The molecule has 0 fully saturated rings. The highest BCUT2D eigenvalue weighted by Gasteiger charge is 2.09. The molecule has 2 nitrogen and oxygen atoms in total. The molecule has 0 amide bonds. The van der Waals surface area contributed by atoms with E-state index in [0.29, 0.717) is 0 Å². The number of aldehydes is 1. The zero-order valence-electron chi connectivity index (χ0n) is 4.62. The average Bonchev–Trinajstić information content (AvgIpc) is 2.09. The van der Waals surface area contributed by atoms with E-state index < -0.39 is 0 Å². The van der Waals surface area contributed by atoms with Crippen molar-refractivity contribution in [3.63, 3.8) is 0 Å². The number of carbonyl (C=O) groups is 1. The Balaban J connectivity index is 3.33. The van der Waals surface area contributed by atoms with Crippen LogP contribution in [0.3, 0.4) is 0 Å². The Morgan fingerprint density at radius 2 is 1.80 bits per heavy atom. The minimum atomic E-state index is 0.769. The lowest BCUT2D eigenvalue weighted by atomic mass is 10.4. The topological polar surface area (TPSA) is 32.9 Å². The molecule has 0 aliphatic heterocycles. The lowest BCUT2D eigenvalue weighted by Crippen LogP contribution is -1.81. The van der Waals surface area contributed by atoms with Crippen molar-refractivity contribution in [3.8, 4) is 0 Å². The number of nitrogens with one attached hydrogen (secondary N) is 1. The molecule has 0 radical (unpaired) electrons. The summed E-state index contributed by atoms with van der Waals surface area (Å²) in [6.07, 6.45) is 0.877. The van der Waals surface area contributed by atoms with Crippen molar-refractivity contribution in [1.82, 2.24) is 4.98 Å². The van der Waals surface area contributed by atoms with Crippen LogP contribution in [0.25, 0.3) is 0 Å². The first kappa shape index (κ1) is 9.23. The van der Waals surface area contributed by atoms with E-state index in [1.54, 1.807) is 0 Å². The molecule has 0 spiro atoms. The van der Waals surface area contributed by atoms with Crippen molar-refractivity contribution in [2.24, 2.45) is 0 Å². The number of hydrogen-bond donors (Lipinski definition) is 1. The van der Waals surface area contributed by atoms with Gasteiger partial charge in [-0.3, -0.25) is 4.79 Å². The summed E-state index contributed by atoms with van der Waals surface area (Å²) in [5.41, 5.74) is 0.769. The quantitative estimate of drug-likeness (QED) is 0.495. The van der Waals surface area contributed by atoms with Crippen molar-refractivity contribution in [1.29, 1.82) is 0 Å². The molecule has 0 aromatic carbocycles. The van der Waals surface area contributed by atoms with E-state index in [0.717, 1.165) is 22.8 Å². The Morgan fingerprint density at radius 1 is 1.20 bits per heavy atom. The van der Waals surface area contributed by atoms with Gasteiger partial charge in [0.25, 0.3) is 0 Å². The summed E-state index contributed by atoms with van der Waals surface area (Å²) < 4.78 is 2.96. The summed E-state index contributed by atoms with van der Waals surface area (Å²) in [5.74, 6) is 0. The van der Waals surface area contributed by atoms with Crippen LogP contribution in [0.5, 0.6) is 0 Å². The van der Waals surface area contributed by atoms with Gasteiger partial charge in [0.15, 0.2) is 6.29 Å². The van der Waals surface area contributed by atoms with Gasteiger partial charge in [-0.25, -0.2) is 0 Å². The average molecular weight is 473 g/mol. The molecule has 1 aromatic heterocycles. The minimum Gasteiger partial charge on any atom is -0.344 e. The van der Waals surface area contributed by atoms with Crippen molar-refractivity contribution >= 4 is 74.1 Å². The van der Waals surface area contributed by atoms with E-state index in [1.807, 2.05) is 0 Å². The number of H-pyrrole nitrogens is 1. The number of aromatic amines is 1. The van der Waals surface area contributed by atoms with E-state index in [9.17, 15) is 4.79 Å². The second-order valence-corrected chi connectivity index (χ2v) is 4.83. The fourth-order valence-electron chi connectivity index (χ4n) is 0.537. The van der Waals surface area contributed by atoms with Crippen LogP contribution in [0.2, 0.25) is 0 Å². The maximum Gasteiger partial charge on any atom is 0.153 e. The number of carbonyl (C=O) groups excluding carboxylic acids is 1. The fourth-order valence-corrected chi connectivity index (χ4v) is 3.33. The molecule has 0 aliphatic rings. The van der Waals surface area contributed by atoms with Crippen LogP contribution in [0.15, 0.2) is 0 Å². The highest BCUT2D eigenvalue weighted by molar-refractivity contribution is 14.1. The van der Waals surface area contributed by atoms with Crippen molar-refractivity contribution in [3.05, 3.63) is 16.5 Å². The molecule has 5 heteroatoms. The Bertz CT molecular complexity index is 268. The Morgan fingerprint density at radius 3 is 2.00 bits per heavy atom. The Labute approximate surface area is 99.0 Å². The molecule has 54 valence electrons. The molecule has 1 N–H and O–H groups in total. The summed E-state index contributed by atoms with van der Waals surface area (Å²) in [4.78, 5) is 13.5. The van der Waals surface area contributed by atoms with E-state index in [4.69, 9.17) is 0 Å². The highest BCUT2D eigenvalue weighted by atomic mass is 127. The molecule has 0 aliphatic carbocycles. The second-order valence-electron chi connectivity index (χ2n) is 1.60. The van der Waals surface area contributed by atoms with Gasteiger partial charge in [0.05, 0.1) is 16.5 Å². The first-order valence-electron chi connectivity index (χ1n) is 2.34. The third-order valence-electron chi connectivity index (χ3n) is 1.00. The van der Waals surface area contributed by atoms with Gasteiger partial charge < -0.3 is 4.98 Å². The SMILES string of the molecule is O=Cc1c(I)[nH]c(I)c1I. The first-order valence-corrected chi connectivity index (χ1v) is 5.58. The maximum atomic E-state index is 10.4. The summed E-state index contributed by atoms with van der Waals surface area (Å²) in [6.45, 7) is 0. The molecular weight excluding hydrogens is 471 g/mol. The lowest BCUT2D eigenvalue weighted by molar-refractivity contribution is 0.112. The van der Waals surface area contributed by atoms with Gasteiger partial charge in [0, 0.05) is 0 Å². The minimum absolute atomic E-state index is 0.769. The van der Waals surface area contributed by atoms with Crippen LogP contribution in [-0.4, -0.2) is 11.3 Å². The number of rotatable bonds is 1. The van der Waals surface area contributed by atoms with Crippen molar-refractivity contribution < 1.29 is 4.79 Å². The van der Waals surface area contributed by atoms with Gasteiger partial charge in [-0.05, 0) is 67.8 Å². The Kier molecular flexibility index (Phi) is 3.41. The summed E-state index contributed by atoms with van der Waals surface area (Å²) in [5, 5.41) is 0. The molecule has 1 aromatic rings. The molecule has 0 saturated carbocycles. The van der Waals surface area contributed by atoms with Crippen molar-refractivity contribution in [2.45, 2.75) is 0 Å². The van der Waals surface area contributed by atoms with Crippen molar-refractivity contribution in [2.75, 3.05) is 0 Å². The predicted octanol–water partition coefficient (Wildman–Crippen LogP) is 2.64. The molecule has 0 unspecified atom stereocenters. The molecule has 1 rings (SSSR count). The van der Waals surface area contributed by atoms with Gasteiger partial charge in [-0.2, -0.15) is 0 Å². The van der Waals surface area contributed by atoms with Crippen LogP contribution in [0.1, 0.15) is 10.4 Å². The smallest absolute Gasteiger partial charge is 0.153 e. The molecule has 1 heterocycles. The highest BCUT2D eigenvalue weighted by Crippen LogP contribution is 2.21. The van der Waals surface area contributed by atoms with Crippen LogP contribution in [-0.2, 0) is 0 Å². The zero-order chi connectivity index (χ0) is 7.72. The largest absolute Gasteiger partial charge is 0.344 e. The Hall–Kier alpha value is 1.14. The third kappa shape index (κ3) is 1.65. The third-order valence-corrected chi connectivity index (χ3v) is 4.82. The van der Waals surface area contributed by atoms with E-state index in [1.165, 1.54) is 0 Å². The van der Waals surface area contributed by atoms with Crippen LogP contribution in [0.4, 0.5) is 0 Å².